The Morgan fingerprint density at radius 3 is 0.889 bits per heavy atom. The van der Waals surface area contributed by atoms with Gasteiger partial charge in [-0.3, -0.25) is 4.79 Å². The van der Waals surface area contributed by atoms with Crippen LogP contribution in [-0.4, -0.2) is 140 Å². The molecule has 3 heterocycles. The van der Waals surface area contributed by atoms with Crippen LogP contribution in [0, 0.1) is 0 Å². The van der Waals surface area contributed by atoms with Gasteiger partial charge >= 0.3 is 5.97 Å². The van der Waals surface area contributed by atoms with E-state index in [1.165, 1.54) is 7.11 Å². The Labute approximate surface area is 745 Å². The lowest BCUT2D eigenvalue weighted by atomic mass is 9.95. The van der Waals surface area contributed by atoms with Gasteiger partial charge in [-0.1, -0.05) is 380 Å². The molecule has 0 spiro atoms. The number of methoxy groups -OCH3 is 1. The second kappa shape index (κ2) is 49.1. The molecule has 14 rings (SSSR count). The summed E-state index contributed by atoms with van der Waals surface area (Å²) in [6.45, 7) is 8.53. The topological polar surface area (TPSA) is 174 Å². The van der Waals surface area contributed by atoms with Crippen LogP contribution in [0.1, 0.15) is 116 Å². The third kappa shape index (κ3) is 26.8. The lowest BCUT2D eigenvalue weighted by Crippen LogP contribution is -2.70. The number of unbranched alkanes of at least 4 members (excludes halogenated alkanes) is 5. The first kappa shape index (κ1) is 92.6. The van der Waals surface area contributed by atoms with E-state index >= 15 is 0 Å². The van der Waals surface area contributed by atoms with Gasteiger partial charge < -0.3 is 80.2 Å². The molecule has 11 aromatic carbocycles. The number of rotatable bonds is 48. The van der Waals surface area contributed by atoms with E-state index in [0.29, 0.717) is 12.8 Å². The summed E-state index contributed by atoms with van der Waals surface area (Å²) in [5.74, 6) is -0.202. The molecule has 0 amide bonds. The molecule has 126 heavy (non-hydrogen) atoms. The second-order valence-corrected chi connectivity index (χ2v) is 37.8. The zero-order valence-corrected chi connectivity index (χ0v) is 73.9. The summed E-state index contributed by atoms with van der Waals surface area (Å²) < 4.78 is 127. The Kier molecular flexibility index (Phi) is 36.1. The van der Waals surface area contributed by atoms with Crippen LogP contribution < -0.4 is 10.4 Å². The Hall–Kier alpha value is -9.53. The normalized spacial score (nSPS) is 22.7. The van der Waals surface area contributed by atoms with Crippen LogP contribution in [0.5, 0.6) is 0 Å². The van der Waals surface area contributed by atoms with Gasteiger partial charge in [0.25, 0.3) is 8.32 Å². The molecule has 15 atom stereocenters. The van der Waals surface area contributed by atoms with Crippen LogP contribution in [0.2, 0.25) is 5.04 Å². The number of hydrogen-bond acceptors (Lipinski definition) is 18. The van der Waals surface area contributed by atoms with Crippen LogP contribution >= 0.6 is 0 Å². The average Bonchev–Trinajstić information content (AvgIpc) is 0.584. The molecule has 662 valence electrons. The zero-order chi connectivity index (χ0) is 86.6. The maximum atomic E-state index is 12.1. The lowest BCUT2D eigenvalue weighted by Gasteiger charge is -2.52. The van der Waals surface area contributed by atoms with E-state index in [1.807, 2.05) is 273 Å². The molecule has 19 heteroatoms. The highest BCUT2D eigenvalue weighted by Crippen LogP contribution is 2.43. The molecule has 0 radical (unpaired) electrons. The van der Waals surface area contributed by atoms with Gasteiger partial charge in [-0.2, -0.15) is 0 Å². The Bertz CT molecular complexity index is 4770. The van der Waals surface area contributed by atoms with Crippen molar-refractivity contribution < 1.29 is 85.0 Å². The maximum absolute atomic E-state index is 12.1. The molecule has 0 bridgehead atoms. The molecule has 3 saturated heterocycles. The van der Waals surface area contributed by atoms with Crippen LogP contribution in [0.15, 0.2) is 334 Å². The monoisotopic (exact) mass is 1720 g/mol. The summed E-state index contributed by atoms with van der Waals surface area (Å²) in [4.78, 5) is 12.1. The predicted molar refractivity (Wildman–Crippen MR) is 487 cm³/mol. The van der Waals surface area contributed by atoms with Crippen molar-refractivity contribution in [2.75, 3.05) is 33.5 Å². The van der Waals surface area contributed by atoms with Gasteiger partial charge in [0.2, 0.25) is 0 Å². The standard InChI is InChI=1S/C107H122O18Si/c1-107(2,3)126(89-62-38-18-39-63-89,90-64-40-19-41-65-90)120-79-93-97(115-72-84-52-28-13-29-53-84)100(102(119-76-88-60-36-17-37-61-88)104(121-93)112-67-43-8-6-5-7-42-66-94(108)109-4)124-106-103(99(117-74-86-56-32-15-33-57-86)96(114-71-83-50-26-12-27-51-83)92(123-106)78-111-69-81-46-22-10-23-47-81)125-105-101(118-75-87-58-34-16-35-59-87)98(116-73-85-54-30-14-31-55-85)95(113-70-82-48-24-11-25-49-82)91(122-105)77-110-68-80-44-20-9-21-45-80/h9-41,44-65,91-93,95-106H,5-8,42-43,66-79H2,1-4H3/t91-,92-,93-,95-,96-,97-,98+,99+,100+,101+,102+,103+,104-,105-,106-/m1/s1. The predicted octanol–water partition coefficient (Wildman–Crippen LogP) is 19.0. The lowest BCUT2D eigenvalue weighted by molar-refractivity contribution is -0.403. The summed E-state index contributed by atoms with van der Waals surface area (Å²) >= 11 is 0. The SMILES string of the molecule is COC(=O)CCCCCCCCO[C@@H]1O[C@H](CO[Si](c2ccccc2)(c2ccccc2)C(C)(C)C)[C@@H](OCc2ccccc2)[C@H](O[C@H]2O[C@H](COCc3ccccc3)[C@@H](OCc3ccccc3)[C@H](OCc3ccccc3)[C@@H]2O[C@H]2O[C@H](COCc3ccccc3)[C@@H](OCc3ccccc3)[C@H](OCc3ccccc3)[C@@H]2OCc2ccccc2)[C@@H]1OCc1ccccc1. The van der Waals surface area contributed by atoms with Crippen molar-refractivity contribution in [1.82, 2.24) is 0 Å². The first-order chi connectivity index (χ1) is 62.0. The van der Waals surface area contributed by atoms with Crippen LogP contribution in [0.25, 0.3) is 0 Å². The summed E-state index contributed by atoms with van der Waals surface area (Å²) in [5.41, 5.74) is 8.29. The third-order valence-corrected chi connectivity index (χ3v) is 28.3. The van der Waals surface area contributed by atoms with Crippen molar-refractivity contribution in [3.63, 3.8) is 0 Å². The molecule has 0 aliphatic carbocycles. The molecule has 0 saturated carbocycles. The molecule has 3 fully saturated rings. The molecule has 0 aromatic heterocycles. The fourth-order valence-corrected chi connectivity index (χ4v) is 21.4. The number of benzene rings is 11. The third-order valence-electron chi connectivity index (χ3n) is 23.3. The van der Waals surface area contributed by atoms with E-state index in [1.54, 1.807) is 0 Å². The summed E-state index contributed by atoms with van der Waals surface area (Å²) in [7, 11) is -1.95. The van der Waals surface area contributed by atoms with Crippen molar-refractivity contribution in [2.24, 2.45) is 0 Å². The minimum absolute atomic E-state index is 0.00497. The van der Waals surface area contributed by atoms with E-state index in [9.17, 15) is 4.79 Å². The number of esters is 1. The summed E-state index contributed by atoms with van der Waals surface area (Å²) in [6, 6.07) is 112. The zero-order valence-electron chi connectivity index (χ0n) is 72.9. The van der Waals surface area contributed by atoms with Crippen molar-refractivity contribution in [3.05, 3.63) is 384 Å². The van der Waals surface area contributed by atoms with Crippen molar-refractivity contribution in [2.45, 2.75) is 222 Å². The summed E-state index contributed by atoms with van der Waals surface area (Å²) in [5, 5.41) is 1.71. The van der Waals surface area contributed by atoms with Crippen LogP contribution in [0.3, 0.4) is 0 Å². The average molecular weight is 1720 g/mol. The number of ether oxygens (including phenoxy) is 16. The molecule has 0 N–H and O–H groups in total. The summed E-state index contributed by atoms with van der Waals surface area (Å²) in [6.07, 6.45) is -10.9. The van der Waals surface area contributed by atoms with E-state index in [4.69, 9.17) is 80.2 Å². The van der Waals surface area contributed by atoms with Gasteiger partial charge in [0, 0.05) is 13.0 Å². The minimum Gasteiger partial charge on any atom is -0.469 e. The fourth-order valence-electron chi connectivity index (χ4n) is 16.8. The molecular weight excluding hydrogens is 1600 g/mol. The quantitative estimate of drug-likeness (QED) is 0.0200. The minimum atomic E-state index is -3.38. The highest BCUT2D eigenvalue weighted by atomic mass is 28.4. The largest absolute Gasteiger partial charge is 0.469 e. The van der Waals surface area contributed by atoms with Gasteiger partial charge in [0.05, 0.1) is 86.4 Å². The molecule has 0 unspecified atom stereocenters. The van der Waals surface area contributed by atoms with Gasteiger partial charge in [-0.15, -0.1) is 0 Å². The molecule has 18 nitrogen and oxygen atoms in total. The van der Waals surface area contributed by atoms with Crippen molar-refractivity contribution >= 4 is 24.7 Å². The van der Waals surface area contributed by atoms with Gasteiger partial charge in [0.1, 0.15) is 73.2 Å². The first-order valence-corrected chi connectivity index (χ1v) is 46.5. The van der Waals surface area contributed by atoms with Crippen LogP contribution in [-0.2, 0) is 144 Å². The van der Waals surface area contributed by atoms with Crippen molar-refractivity contribution in [3.8, 4) is 0 Å². The fraction of sp³-hybridized carbons (Fsp3) is 0.374. The Balaban J connectivity index is 0.950. The number of carbonyl (C=O) groups is 1. The van der Waals surface area contributed by atoms with E-state index in [0.717, 1.165) is 92.5 Å². The van der Waals surface area contributed by atoms with Gasteiger partial charge in [0.15, 0.2) is 18.9 Å². The smallest absolute Gasteiger partial charge is 0.305 e. The van der Waals surface area contributed by atoms with Gasteiger partial charge in [-0.05, 0) is 78.3 Å². The molecular formula is C107H122O18Si. The first-order valence-electron chi connectivity index (χ1n) is 44.5. The van der Waals surface area contributed by atoms with Gasteiger partial charge in [-0.25, -0.2) is 0 Å². The second-order valence-electron chi connectivity index (χ2n) is 33.5. The number of carbonyl (C=O) groups excluding carboxylic acids is 1. The van der Waals surface area contributed by atoms with Crippen LogP contribution in [0.4, 0.5) is 0 Å². The molecule has 3 aliphatic rings. The van der Waals surface area contributed by atoms with E-state index in [-0.39, 0.29) is 91.9 Å². The van der Waals surface area contributed by atoms with E-state index in [2.05, 4.69) is 81.4 Å². The Morgan fingerprint density at radius 1 is 0.278 bits per heavy atom. The maximum Gasteiger partial charge on any atom is 0.305 e. The Morgan fingerprint density at radius 2 is 0.540 bits per heavy atom. The highest BCUT2D eigenvalue weighted by Gasteiger charge is 2.59. The highest BCUT2D eigenvalue weighted by molar-refractivity contribution is 6.99. The number of hydrogen-bond donors (Lipinski definition) is 0. The molecule has 11 aromatic rings. The van der Waals surface area contributed by atoms with Crippen molar-refractivity contribution in [1.29, 1.82) is 0 Å². The molecule has 3 aliphatic heterocycles. The van der Waals surface area contributed by atoms with E-state index < -0.39 is 105 Å².